The zero-order valence-corrected chi connectivity index (χ0v) is 11.1. The number of benzene rings is 2. The van der Waals surface area contributed by atoms with Crippen LogP contribution >= 0.6 is 0 Å². The molecular formula is C15H15FN2O3. The Morgan fingerprint density at radius 3 is 2.57 bits per heavy atom. The van der Waals surface area contributed by atoms with Crippen LogP contribution in [0, 0.1) is 5.82 Å². The van der Waals surface area contributed by atoms with Gasteiger partial charge in [-0.25, -0.2) is 4.39 Å². The van der Waals surface area contributed by atoms with E-state index in [1.807, 2.05) is 0 Å². The van der Waals surface area contributed by atoms with Gasteiger partial charge >= 0.3 is 0 Å². The number of hydrogen-bond acceptors (Lipinski definition) is 4. The van der Waals surface area contributed by atoms with Crippen LogP contribution in [0.25, 0.3) is 0 Å². The zero-order chi connectivity index (χ0) is 15.4. The van der Waals surface area contributed by atoms with Crippen molar-refractivity contribution in [1.29, 1.82) is 0 Å². The number of carbonyl (C=O) groups excluding carboxylic acids is 1. The van der Waals surface area contributed by atoms with E-state index >= 15 is 0 Å². The van der Waals surface area contributed by atoms with Crippen LogP contribution in [-0.4, -0.2) is 16.1 Å². The molecule has 0 bridgehead atoms. The van der Waals surface area contributed by atoms with Crippen LogP contribution < -0.4 is 11.1 Å². The molecule has 0 saturated carbocycles. The van der Waals surface area contributed by atoms with Crippen LogP contribution in [0.4, 0.5) is 4.39 Å². The predicted molar refractivity (Wildman–Crippen MR) is 75.2 cm³/mol. The van der Waals surface area contributed by atoms with E-state index in [4.69, 9.17) is 10.8 Å². The third-order valence-corrected chi connectivity index (χ3v) is 3.02. The number of rotatable bonds is 4. The first-order valence-corrected chi connectivity index (χ1v) is 6.29. The summed E-state index contributed by atoms with van der Waals surface area (Å²) in [6, 6.07) is 8.18. The highest BCUT2D eigenvalue weighted by Gasteiger charge is 2.12. The van der Waals surface area contributed by atoms with Gasteiger partial charge in [0, 0.05) is 24.7 Å². The van der Waals surface area contributed by atoms with E-state index in [1.165, 1.54) is 18.2 Å². The van der Waals surface area contributed by atoms with Crippen LogP contribution in [0.15, 0.2) is 36.4 Å². The van der Waals surface area contributed by atoms with Crippen molar-refractivity contribution in [2.24, 2.45) is 5.73 Å². The Bertz CT molecular complexity index is 674. The highest BCUT2D eigenvalue weighted by Crippen LogP contribution is 2.22. The molecule has 0 aromatic heterocycles. The largest absolute Gasteiger partial charge is 0.508 e. The SMILES string of the molecule is NCc1ccc(CNC(=O)c2ccc(O)cc2O)c(F)c1. The Balaban J connectivity index is 2.07. The van der Waals surface area contributed by atoms with Gasteiger partial charge in [-0.3, -0.25) is 4.79 Å². The van der Waals surface area contributed by atoms with Crippen molar-refractivity contribution in [3.63, 3.8) is 0 Å². The van der Waals surface area contributed by atoms with E-state index in [0.29, 0.717) is 11.1 Å². The summed E-state index contributed by atoms with van der Waals surface area (Å²) in [6.07, 6.45) is 0. The fraction of sp³-hybridized carbons (Fsp3) is 0.133. The van der Waals surface area contributed by atoms with Gasteiger partial charge in [-0.05, 0) is 23.8 Å². The van der Waals surface area contributed by atoms with Gasteiger partial charge in [0.2, 0.25) is 0 Å². The summed E-state index contributed by atoms with van der Waals surface area (Å²) < 4.78 is 13.7. The van der Waals surface area contributed by atoms with Gasteiger partial charge in [0.15, 0.2) is 0 Å². The van der Waals surface area contributed by atoms with Crippen molar-refractivity contribution in [3.05, 3.63) is 58.9 Å². The van der Waals surface area contributed by atoms with Gasteiger partial charge in [-0.2, -0.15) is 0 Å². The topological polar surface area (TPSA) is 95.6 Å². The van der Waals surface area contributed by atoms with Crippen molar-refractivity contribution < 1.29 is 19.4 Å². The lowest BCUT2D eigenvalue weighted by atomic mass is 10.1. The van der Waals surface area contributed by atoms with E-state index in [-0.39, 0.29) is 30.2 Å². The third-order valence-electron chi connectivity index (χ3n) is 3.02. The van der Waals surface area contributed by atoms with Crippen molar-refractivity contribution in [1.82, 2.24) is 5.32 Å². The van der Waals surface area contributed by atoms with Gasteiger partial charge in [0.25, 0.3) is 5.91 Å². The summed E-state index contributed by atoms with van der Waals surface area (Å²) in [4.78, 5) is 11.9. The molecule has 0 unspecified atom stereocenters. The average molecular weight is 290 g/mol. The molecule has 0 atom stereocenters. The summed E-state index contributed by atoms with van der Waals surface area (Å²) in [5.41, 5.74) is 6.40. The van der Waals surface area contributed by atoms with Gasteiger partial charge < -0.3 is 21.3 Å². The molecule has 0 spiro atoms. The zero-order valence-electron chi connectivity index (χ0n) is 11.1. The van der Waals surface area contributed by atoms with Gasteiger partial charge in [0.1, 0.15) is 17.3 Å². The molecule has 5 nitrogen and oxygen atoms in total. The maximum Gasteiger partial charge on any atom is 0.255 e. The molecule has 0 aliphatic heterocycles. The van der Waals surface area contributed by atoms with Crippen molar-refractivity contribution in [2.45, 2.75) is 13.1 Å². The molecular weight excluding hydrogens is 275 g/mol. The minimum atomic E-state index is -0.560. The first kappa shape index (κ1) is 14.8. The number of phenolic OH excluding ortho intramolecular Hbond substituents is 2. The molecule has 110 valence electrons. The number of carbonyl (C=O) groups is 1. The molecule has 0 heterocycles. The molecule has 6 heteroatoms. The monoisotopic (exact) mass is 290 g/mol. The van der Waals surface area contributed by atoms with Gasteiger partial charge in [-0.15, -0.1) is 0 Å². The van der Waals surface area contributed by atoms with Gasteiger partial charge in [0.05, 0.1) is 5.56 Å². The third kappa shape index (κ3) is 3.49. The van der Waals surface area contributed by atoms with Crippen molar-refractivity contribution in [3.8, 4) is 11.5 Å². The number of amides is 1. The molecule has 21 heavy (non-hydrogen) atoms. The molecule has 5 N–H and O–H groups in total. The molecule has 2 aromatic rings. The molecule has 2 aromatic carbocycles. The molecule has 1 amide bonds. The first-order chi connectivity index (χ1) is 10.0. The predicted octanol–water partition coefficient (Wildman–Crippen LogP) is 1.63. The van der Waals surface area contributed by atoms with E-state index in [2.05, 4.69) is 5.32 Å². The van der Waals surface area contributed by atoms with Crippen molar-refractivity contribution >= 4 is 5.91 Å². The molecule has 0 saturated heterocycles. The Labute approximate surface area is 120 Å². The van der Waals surface area contributed by atoms with Crippen LogP contribution in [0.2, 0.25) is 0 Å². The normalized spacial score (nSPS) is 10.4. The maximum absolute atomic E-state index is 13.7. The second-order valence-electron chi connectivity index (χ2n) is 4.51. The standard InChI is InChI=1S/C15H15FN2O3/c16-13-5-9(7-17)1-2-10(13)8-18-15(21)12-4-3-11(19)6-14(12)20/h1-6,19-20H,7-8,17H2,(H,18,21). The number of phenols is 2. The van der Waals surface area contributed by atoms with E-state index in [0.717, 1.165) is 6.07 Å². The molecule has 0 aliphatic carbocycles. The van der Waals surface area contributed by atoms with Crippen molar-refractivity contribution in [2.75, 3.05) is 0 Å². The van der Waals surface area contributed by atoms with Gasteiger partial charge in [-0.1, -0.05) is 12.1 Å². The Morgan fingerprint density at radius 1 is 1.19 bits per heavy atom. The lowest BCUT2D eigenvalue weighted by molar-refractivity contribution is 0.0948. The lowest BCUT2D eigenvalue weighted by Gasteiger charge is -2.09. The highest BCUT2D eigenvalue weighted by atomic mass is 19.1. The molecule has 0 radical (unpaired) electrons. The second kappa shape index (κ2) is 6.23. The number of halogens is 1. The average Bonchev–Trinajstić information content (AvgIpc) is 2.45. The second-order valence-corrected chi connectivity index (χ2v) is 4.51. The minimum absolute atomic E-state index is 0.00628. The summed E-state index contributed by atoms with van der Waals surface area (Å²) in [7, 11) is 0. The summed E-state index contributed by atoms with van der Waals surface area (Å²) >= 11 is 0. The van der Waals surface area contributed by atoms with Crippen LogP contribution in [0.3, 0.4) is 0 Å². The fourth-order valence-electron chi connectivity index (χ4n) is 1.84. The fourth-order valence-corrected chi connectivity index (χ4v) is 1.84. The number of hydrogen-bond donors (Lipinski definition) is 4. The van der Waals surface area contributed by atoms with E-state index in [1.54, 1.807) is 12.1 Å². The smallest absolute Gasteiger partial charge is 0.255 e. The number of aromatic hydroxyl groups is 2. The van der Waals surface area contributed by atoms with E-state index < -0.39 is 11.7 Å². The minimum Gasteiger partial charge on any atom is -0.508 e. The molecule has 0 fully saturated rings. The Kier molecular flexibility index (Phi) is 4.39. The van der Waals surface area contributed by atoms with Crippen LogP contribution in [0.1, 0.15) is 21.5 Å². The summed E-state index contributed by atoms with van der Waals surface area (Å²) in [5, 5.41) is 21.2. The Hall–Kier alpha value is -2.60. The van der Waals surface area contributed by atoms with E-state index in [9.17, 15) is 14.3 Å². The summed E-state index contributed by atoms with van der Waals surface area (Å²) in [5.74, 6) is -1.50. The molecule has 2 rings (SSSR count). The first-order valence-electron chi connectivity index (χ1n) is 6.29. The number of nitrogens with two attached hydrogens (primary N) is 1. The quantitative estimate of drug-likeness (QED) is 0.688. The lowest BCUT2D eigenvalue weighted by Crippen LogP contribution is -2.23. The highest BCUT2D eigenvalue weighted by molar-refractivity contribution is 5.96. The summed E-state index contributed by atoms with van der Waals surface area (Å²) in [6.45, 7) is 0.223. The van der Waals surface area contributed by atoms with Crippen LogP contribution in [-0.2, 0) is 13.1 Å². The number of nitrogens with one attached hydrogen (secondary N) is 1. The maximum atomic E-state index is 13.7. The molecule has 0 aliphatic rings. The Morgan fingerprint density at radius 2 is 1.95 bits per heavy atom. The van der Waals surface area contributed by atoms with Crippen LogP contribution in [0.5, 0.6) is 11.5 Å².